The van der Waals surface area contributed by atoms with Gasteiger partial charge in [0, 0.05) is 18.7 Å². The van der Waals surface area contributed by atoms with Gasteiger partial charge in [-0.1, -0.05) is 65.5 Å². The van der Waals surface area contributed by atoms with E-state index in [1.165, 1.54) is 63.1 Å². The van der Waals surface area contributed by atoms with Crippen LogP contribution in [0.5, 0.6) is 0 Å². The van der Waals surface area contributed by atoms with Gasteiger partial charge in [-0.2, -0.15) is 0 Å². The first-order valence-electron chi connectivity index (χ1n) is 21.9. The molecule has 4 N–H and O–H groups in total. The number of thioether (sulfide) groups is 1. The number of carbonyl (C=O) groups is 3. The van der Waals surface area contributed by atoms with Crippen LogP contribution >= 0.6 is 11.8 Å². The van der Waals surface area contributed by atoms with Crippen LogP contribution in [0.3, 0.4) is 0 Å². The van der Waals surface area contributed by atoms with E-state index in [0.717, 1.165) is 54.8 Å². The number of amides is 2. The van der Waals surface area contributed by atoms with Crippen molar-refractivity contribution < 1.29 is 38.1 Å². The summed E-state index contributed by atoms with van der Waals surface area (Å²) >= 11 is 1.35. The maximum Gasteiger partial charge on any atom is 0.308 e. The summed E-state index contributed by atoms with van der Waals surface area (Å²) in [7, 11) is 1.66. The second-order valence-electron chi connectivity index (χ2n) is 18.0. The van der Waals surface area contributed by atoms with Gasteiger partial charge in [-0.05, 0) is 98.3 Å². The highest BCUT2D eigenvalue weighted by atomic mass is 32.2. The molecule has 0 radical (unpaired) electrons. The van der Waals surface area contributed by atoms with Gasteiger partial charge in [0.1, 0.15) is 6.10 Å². The highest BCUT2D eigenvalue weighted by Crippen LogP contribution is 2.67. The molecule has 3 saturated carbocycles. The SMILES string of the molecule is CN[C@@H](CSCC(=O)NCCOCCOCCOCCOCCC(=O)OC1CC[C@@]2(C)C(=CC[C@H]3[C@@H]4CC[C@H]([C@H](C)CCCC(C)C)[C@@]4(C)CC[C@@H]32)C1)C(N)=O. The van der Waals surface area contributed by atoms with E-state index in [1.54, 1.807) is 12.6 Å². The van der Waals surface area contributed by atoms with E-state index in [4.69, 9.17) is 29.4 Å². The fourth-order valence-corrected chi connectivity index (χ4v) is 11.8. The lowest BCUT2D eigenvalue weighted by Gasteiger charge is -2.58. The van der Waals surface area contributed by atoms with Crippen molar-refractivity contribution in [2.45, 2.75) is 124 Å². The smallest absolute Gasteiger partial charge is 0.308 e. The molecule has 0 aromatic rings. The van der Waals surface area contributed by atoms with Crippen molar-refractivity contribution >= 4 is 29.5 Å². The highest BCUT2D eigenvalue weighted by Gasteiger charge is 2.59. The number of hydrogen-bond donors (Lipinski definition) is 3. The van der Waals surface area contributed by atoms with Crippen molar-refractivity contribution in [2.75, 3.05) is 78.0 Å². The number of likely N-dealkylation sites (N-methyl/N-ethyl adjacent to an activating group) is 1. The monoisotopic (exact) mass is 808 g/mol. The topological polar surface area (TPSA) is 147 Å². The molecule has 4 aliphatic rings. The average molecular weight is 808 g/mol. The van der Waals surface area contributed by atoms with Gasteiger partial charge in [0.05, 0.1) is 71.1 Å². The molecule has 0 saturated heterocycles. The molecule has 322 valence electrons. The second-order valence-corrected chi connectivity index (χ2v) is 19.0. The minimum absolute atomic E-state index is 0.0212. The van der Waals surface area contributed by atoms with Crippen molar-refractivity contribution in [2.24, 2.45) is 52.1 Å². The van der Waals surface area contributed by atoms with Crippen LogP contribution in [0.15, 0.2) is 11.6 Å². The van der Waals surface area contributed by atoms with Crippen LogP contribution in [0, 0.1) is 46.3 Å². The molecular weight excluding hydrogens is 731 g/mol. The number of carbonyl (C=O) groups excluding carboxylic acids is 3. The standard InChI is InChI=1S/C44H77N3O8S/c1-31(2)8-7-9-32(3)36-12-13-37-35-11-10-33-28-34(14-17-43(33,4)38(35)15-18-44(36,37)5)55-41(49)16-20-51-22-24-53-26-27-54-25-23-52-21-19-47-40(48)30-56-29-39(46-6)42(45)50/h10,31-32,34-39,46H,7-9,11-30H2,1-6H3,(H2,45,50)(H,47,48)/t32-,34?,35+,36-,37+,38+,39+,43+,44-/m1/s1. The second kappa shape index (κ2) is 23.8. The van der Waals surface area contributed by atoms with Gasteiger partial charge in [0.2, 0.25) is 11.8 Å². The first kappa shape index (κ1) is 47.0. The number of rotatable bonds is 27. The molecule has 12 heteroatoms. The molecule has 3 fully saturated rings. The summed E-state index contributed by atoms with van der Waals surface area (Å²) in [5, 5.41) is 5.60. The molecule has 9 atom stereocenters. The maximum absolute atomic E-state index is 12.7. The molecule has 4 rings (SSSR count). The molecule has 2 amide bonds. The molecule has 56 heavy (non-hydrogen) atoms. The number of nitrogens with two attached hydrogens (primary N) is 1. The van der Waals surface area contributed by atoms with Crippen molar-refractivity contribution in [3.05, 3.63) is 11.6 Å². The normalized spacial score (nSPS) is 29.5. The zero-order chi connectivity index (χ0) is 40.6. The van der Waals surface area contributed by atoms with E-state index in [0.29, 0.717) is 70.6 Å². The number of nitrogens with one attached hydrogen (secondary N) is 2. The van der Waals surface area contributed by atoms with Crippen LogP contribution < -0.4 is 16.4 Å². The summed E-state index contributed by atoms with van der Waals surface area (Å²) in [6.45, 7) is 16.2. The summed E-state index contributed by atoms with van der Waals surface area (Å²) in [4.78, 5) is 35.8. The lowest BCUT2D eigenvalue weighted by molar-refractivity contribution is -0.153. The van der Waals surface area contributed by atoms with Crippen LogP contribution in [0.2, 0.25) is 0 Å². The summed E-state index contributed by atoms with van der Waals surface area (Å²) in [6, 6.07) is -0.447. The van der Waals surface area contributed by atoms with E-state index in [2.05, 4.69) is 51.3 Å². The molecule has 0 heterocycles. The fraction of sp³-hybridized carbons (Fsp3) is 0.886. The quantitative estimate of drug-likeness (QED) is 0.0490. The number of primary amides is 1. The van der Waals surface area contributed by atoms with E-state index < -0.39 is 11.9 Å². The number of fused-ring (bicyclic) bond motifs is 5. The molecule has 0 spiro atoms. The Morgan fingerprint density at radius 3 is 2.21 bits per heavy atom. The van der Waals surface area contributed by atoms with Gasteiger partial charge >= 0.3 is 5.97 Å². The molecule has 0 aromatic heterocycles. The van der Waals surface area contributed by atoms with Crippen LogP contribution in [0.4, 0.5) is 0 Å². The Labute approximate surface area is 342 Å². The molecule has 0 bridgehead atoms. The van der Waals surface area contributed by atoms with Gasteiger partial charge in [0.15, 0.2) is 0 Å². The predicted molar refractivity (Wildman–Crippen MR) is 223 cm³/mol. The van der Waals surface area contributed by atoms with Gasteiger partial charge in [-0.15, -0.1) is 11.8 Å². The molecular formula is C44H77N3O8S. The number of ether oxygens (including phenoxy) is 5. The lowest BCUT2D eigenvalue weighted by atomic mass is 9.47. The molecule has 0 aliphatic heterocycles. The number of hydrogen-bond acceptors (Lipinski definition) is 10. The number of allylic oxidation sites excluding steroid dienone is 1. The third kappa shape index (κ3) is 13.7. The molecule has 11 nitrogen and oxygen atoms in total. The lowest BCUT2D eigenvalue weighted by Crippen LogP contribution is -2.51. The molecule has 0 aromatic carbocycles. The van der Waals surface area contributed by atoms with E-state index in [-0.39, 0.29) is 35.6 Å². The minimum Gasteiger partial charge on any atom is -0.462 e. The maximum atomic E-state index is 12.7. The minimum atomic E-state index is -0.447. The predicted octanol–water partition coefficient (Wildman–Crippen LogP) is 6.32. The van der Waals surface area contributed by atoms with Crippen molar-refractivity contribution in [1.29, 1.82) is 0 Å². The Balaban J connectivity index is 0.996. The van der Waals surface area contributed by atoms with E-state index in [1.807, 2.05) is 0 Å². The summed E-state index contributed by atoms with van der Waals surface area (Å²) in [6.07, 6.45) is 16.7. The van der Waals surface area contributed by atoms with Crippen molar-refractivity contribution in [1.82, 2.24) is 10.6 Å². The van der Waals surface area contributed by atoms with Gasteiger partial charge in [0.25, 0.3) is 0 Å². The zero-order valence-corrected chi connectivity index (χ0v) is 36.5. The van der Waals surface area contributed by atoms with E-state index in [9.17, 15) is 14.4 Å². The van der Waals surface area contributed by atoms with Gasteiger partial charge in [-0.3, -0.25) is 14.4 Å². The number of esters is 1. The van der Waals surface area contributed by atoms with Crippen LogP contribution in [-0.4, -0.2) is 108 Å². The Bertz CT molecular complexity index is 1250. The Kier molecular flexibility index (Phi) is 20.0. The third-order valence-electron chi connectivity index (χ3n) is 13.9. The summed E-state index contributed by atoms with van der Waals surface area (Å²) in [5.41, 5.74) is 7.59. The molecule has 1 unspecified atom stereocenters. The van der Waals surface area contributed by atoms with Crippen molar-refractivity contribution in [3.63, 3.8) is 0 Å². The van der Waals surface area contributed by atoms with Crippen LogP contribution in [0.25, 0.3) is 0 Å². The van der Waals surface area contributed by atoms with Crippen LogP contribution in [-0.2, 0) is 38.1 Å². The van der Waals surface area contributed by atoms with Crippen molar-refractivity contribution in [3.8, 4) is 0 Å². The average Bonchev–Trinajstić information content (AvgIpc) is 3.52. The largest absolute Gasteiger partial charge is 0.462 e. The third-order valence-corrected chi connectivity index (χ3v) is 14.9. The Morgan fingerprint density at radius 2 is 1.55 bits per heavy atom. The first-order chi connectivity index (χ1) is 26.9. The Hall–Kier alpha value is -1.70. The van der Waals surface area contributed by atoms with Crippen LogP contribution in [0.1, 0.15) is 112 Å². The van der Waals surface area contributed by atoms with Gasteiger partial charge < -0.3 is 40.1 Å². The highest BCUT2D eigenvalue weighted by molar-refractivity contribution is 8.00. The summed E-state index contributed by atoms with van der Waals surface area (Å²) < 4.78 is 28.2. The fourth-order valence-electron chi connectivity index (χ4n) is 10.8. The first-order valence-corrected chi connectivity index (χ1v) is 23.1. The van der Waals surface area contributed by atoms with E-state index >= 15 is 0 Å². The Morgan fingerprint density at radius 1 is 0.875 bits per heavy atom. The summed E-state index contributed by atoms with van der Waals surface area (Å²) in [5.74, 6) is 4.96. The van der Waals surface area contributed by atoms with Gasteiger partial charge in [-0.25, -0.2) is 0 Å². The zero-order valence-electron chi connectivity index (χ0n) is 35.7. The molecule has 4 aliphatic carbocycles.